The molecular weight excluding hydrogens is 450 g/mol. The largest absolute Gasteiger partial charge is 0.461 e. The quantitative estimate of drug-likeness (QED) is 0.0891. The molecule has 4 aromatic rings. The van der Waals surface area contributed by atoms with Crippen LogP contribution in [0.5, 0.6) is 0 Å². The zero-order chi connectivity index (χ0) is 25.2. The molecule has 3 aromatic carbocycles. The average molecular weight is 482 g/mol. The highest BCUT2D eigenvalue weighted by Crippen LogP contribution is 2.39. The van der Waals surface area contributed by atoms with Crippen molar-refractivity contribution in [3.05, 3.63) is 126 Å². The number of nitrogens with zero attached hydrogens (tertiary/aromatic N) is 1. The van der Waals surface area contributed by atoms with Gasteiger partial charge in [-0.2, -0.15) is 0 Å². The van der Waals surface area contributed by atoms with Crippen LogP contribution in [0, 0.1) is 0 Å². The first-order valence-corrected chi connectivity index (χ1v) is 12.2. The number of carbonyl (C=O) groups excluding carboxylic acids is 1. The summed E-state index contributed by atoms with van der Waals surface area (Å²) >= 11 is 0. The van der Waals surface area contributed by atoms with Gasteiger partial charge in [-0.05, 0) is 36.1 Å². The van der Waals surface area contributed by atoms with Crippen LogP contribution in [0.1, 0.15) is 42.5 Å². The Bertz CT molecular complexity index is 1170. The third-order valence-electron chi connectivity index (χ3n) is 5.82. The van der Waals surface area contributed by atoms with Crippen molar-refractivity contribution in [3.8, 4) is 0 Å². The fourth-order valence-corrected chi connectivity index (χ4v) is 4.19. The van der Waals surface area contributed by atoms with Gasteiger partial charge in [-0.25, -0.2) is 4.79 Å². The Labute approximate surface area is 212 Å². The van der Waals surface area contributed by atoms with Crippen molar-refractivity contribution in [3.63, 3.8) is 0 Å². The number of hydrogen-bond donors (Lipinski definition) is 2. The molecular formula is C30H31N3O3. The molecule has 2 N–H and O–H groups in total. The van der Waals surface area contributed by atoms with Crippen LogP contribution in [0.2, 0.25) is 0 Å². The van der Waals surface area contributed by atoms with Crippen molar-refractivity contribution in [2.75, 3.05) is 18.5 Å². The number of nitrogens with one attached hydrogen (secondary N) is 2. The van der Waals surface area contributed by atoms with Crippen LogP contribution < -0.4 is 5.32 Å². The van der Waals surface area contributed by atoms with Crippen LogP contribution >= 0.6 is 0 Å². The number of carbonyl (C=O) groups is 1. The number of aromatic amines is 1. The van der Waals surface area contributed by atoms with Gasteiger partial charge in [-0.1, -0.05) is 103 Å². The van der Waals surface area contributed by atoms with Gasteiger partial charge in [-0.15, -0.1) is 0 Å². The summed E-state index contributed by atoms with van der Waals surface area (Å²) in [6.45, 7) is 4.41. The van der Waals surface area contributed by atoms with Crippen LogP contribution in [0.25, 0.3) is 0 Å². The van der Waals surface area contributed by atoms with Crippen LogP contribution in [0.15, 0.2) is 108 Å². The maximum atomic E-state index is 12.6. The molecule has 0 bridgehead atoms. The fraction of sp³-hybridized carbons (Fsp3) is 0.200. The van der Waals surface area contributed by atoms with Crippen molar-refractivity contribution in [1.29, 1.82) is 0 Å². The van der Waals surface area contributed by atoms with E-state index >= 15 is 0 Å². The summed E-state index contributed by atoms with van der Waals surface area (Å²) < 4.78 is 5.22. The number of rotatable bonds is 11. The summed E-state index contributed by atoms with van der Waals surface area (Å²) in [6.07, 6.45) is 2.52. The van der Waals surface area contributed by atoms with Crippen molar-refractivity contribution in [2.45, 2.75) is 25.8 Å². The van der Waals surface area contributed by atoms with E-state index in [9.17, 15) is 4.79 Å². The number of oxime groups is 1. The number of H-pyrrole nitrogens is 1. The number of hydrogen-bond acceptors (Lipinski definition) is 5. The monoisotopic (exact) mass is 481 g/mol. The maximum absolute atomic E-state index is 12.6. The summed E-state index contributed by atoms with van der Waals surface area (Å²) in [6, 6.07) is 32.8. The summed E-state index contributed by atoms with van der Waals surface area (Å²) in [5.74, 6) is 0.189. The molecule has 4 rings (SSSR count). The lowest BCUT2D eigenvalue weighted by atomic mass is 9.77. The minimum atomic E-state index is -0.703. The first kappa shape index (κ1) is 24.8. The normalized spacial score (nSPS) is 11.7. The van der Waals surface area contributed by atoms with Crippen molar-refractivity contribution >= 4 is 17.5 Å². The van der Waals surface area contributed by atoms with Crippen LogP contribution in [-0.4, -0.2) is 29.9 Å². The highest BCUT2D eigenvalue weighted by atomic mass is 16.6. The van der Waals surface area contributed by atoms with Gasteiger partial charge in [0.2, 0.25) is 0 Å². The SMILES string of the molecule is CCCON=C(C(=O)OCC)c1c[nH]c(NC(c2ccccc2)(c2ccccc2)c2ccccc2)c1. The average Bonchev–Trinajstić information content (AvgIpc) is 3.39. The Balaban J connectivity index is 1.82. The van der Waals surface area contributed by atoms with Gasteiger partial charge in [0.25, 0.3) is 0 Å². The standard InChI is InChI=1S/C30H31N3O3/c1-3-20-36-33-28(29(34)35-4-2)23-21-27(31-22-23)32-30(24-14-8-5-9-15-24,25-16-10-6-11-17-25)26-18-12-7-13-19-26/h5-19,21-22,31-32H,3-4,20H2,1-2H3. The zero-order valence-electron chi connectivity index (χ0n) is 20.6. The zero-order valence-corrected chi connectivity index (χ0v) is 20.6. The number of esters is 1. The van der Waals surface area contributed by atoms with Crippen molar-refractivity contribution < 1.29 is 14.4 Å². The summed E-state index contributed by atoms with van der Waals surface area (Å²) in [7, 11) is 0. The van der Waals surface area contributed by atoms with E-state index in [1.807, 2.05) is 67.6 Å². The van der Waals surface area contributed by atoms with E-state index in [2.05, 4.69) is 51.9 Å². The first-order valence-electron chi connectivity index (χ1n) is 12.2. The molecule has 0 saturated carbocycles. The Morgan fingerprint density at radius 2 is 1.39 bits per heavy atom. The number of benzene rings is 3. The molecule has 1 aromatic heterocycles. The third-order valence-corrected chi connectivity index (χ3v) is 5.82. The molecule has 184 valence electrons. The van der Waals surface area contributed by atoms with Gasteiger partial charge in [0.05, 0.1) is 6.61 Å². The maximum Gasteiger partial charge on any atom is 0.361 e. The van der Waals surface area contributed by atoms with Gasteiger partial charge < -0.3 is 19.9 Å². The molecule has 0 aliphatic carbocycles. The van der Waals surface area contributed by atoms with Gasteiger partial charge in [0.15, 0.2) is 5.71 Å². The van der Waals surface area contributed by atoms with E-state index in [-0.39, 0.29) is 12.3 Å². The van der Waals surface area contributed by atoms with Gasteiger partial charge in [0, 0.05) is 11.8 Å². The van der Waals surface area contributed by atoms with Gasteiger partial charge in [0.1, 0.15) is 18.0 Å². The molecule has 0 aliphatic heterocycles. The van der Waals surface area contributed by atoms with Gasteiger partial charge >= 0.3 is 5.97 Å². The Morgan fingerprint density at radius 1 is 0.861 bits per heavy atom. The van der Waals surface area contributed by atoms with E-state index < -0.39 is 11.5 Å². The highest BCUT2D eigenvalue weighted by molar-refractivity contribution is 6.43. The molecule has 0 atom stereocenters. The van der Waals surface area contributed by atoms with E-state index in [1.54, 1.807) is 13.1 Å². The number of aromatic nitrogens is 1. The Hall–Kier alpha value is -4.32. The lowest BCUT2D eigenvalue weighted by Gasteiger charge is -2.37. The molecule has 6 nitrogen and oxygen atoms in total. The summed E-state index contributed by atoms with van der Waals surface area (Å²) in [5, 5.41) is 7.83. The Morgan fingerprint density at radius 3 is 1.86 bits per heavy atom. The predicted octanol–water partition coefficient (Wildman–Crippen LogP) is 6.11. The lowest BCUT2D eigenvalue weighted by molar-refractivity contribution is -0.135. The van der Waals surface area contributed by atoms with E-state index in [4.69, 9.17) is 9.57 Å². The second-order valence-electron chi connectivity index (χ2n) is 8.27. The minimum absolute atomic E-state index is 0.124. The first-order chi connectivity index (χ1) is 17.7. The fourth-order valence-electron chi connectivity index (χ4n) is 4.19. The second kappa shape index (κ2) is 11.9. The summed E-state index contributed by atoms with van der Waals surface area (Å²) in [5.41, 5.74) is 3.22. The molecule has 0 aliphatic rings. The number of anilines is 1. The molecule has 0 fully saturated rings. The molecule has 36 heavy (non-hydrogen) atoms. The minimum Gasteiger partial charge on any atom is -0.461 e. The van der Waals surface area contributed by atoms with E-state index in [0.717, 1.165) is 23.1 Å². The molecule has 0 spiro atoms. The van der Waals surface area contributed by atoms with Crippen molar-refractivity contribution in [2.24, 2.45) is 5.16 Å². The molecule has 0 saturated heterocycles. The Kier molecular flexibility index (Phi) is 8.19. The molecule has 0 unspecified atom stereocenters. The third kappa shape index (κ3) is 5.33. The second-order valence-corrected chi connectivity index (χ2v) is 8.27. The molecule has 6 heteroatoms. The van der Waals surface area contributed by atoms with Crippen LogP contribution in [0.3, 0.4) is 0 Å². The lowest BCUT2D eigenvalue weighted by Crippen LogP contribution is -2.38. The smallest absolute Gasteiger partial charge is 0.361 e. The summed E-state index contributed by atoms with van der Waals surface area (Å²) in [4.78, 5) is 21.3. The topological polar surface area (TPSA) is 75.7 Å². The van der Waals surface area contributed by atoms with Crippen LogP contribution in [-0.2, 0) is 19.9 Å². The predicted molar refractivity (Wildman–Crippen MR) is 143 cm³/mol. The molecule has 1 heterocycles. The highest BCUT2D eigenvalue weighted by Gasteiger charge is 2.36. The van der Waals surface area contributed by atoms with Gasteiger partial charge in [-0.3, -0.25) is 0 Å². The van der Waals surface area contributed by atoms with E-state index in [0.29, 0.717) is 18.0 Å². The van der Waals surface area contributed by atoms with E-state index in [1.165, 1.54) is 0 Å². The molecule has 0 amide bonds. The number of ether oxygens (including phenoxy) is 1. The molecule has 0 radical (unpaired) electrons. The van der Waals surface area contributed by atoms with Crippen molar-refractivity contribution in [1.82, 2.24) is 4.98 Å². The van der Waals surface area contributed by atoms with Crippen LogP contribution in [0.4, 0.5) is 5.82 Å².